The van der Waals surface area contributed by atoms with Gasteiger partial charge in [0.1, 0.15) is 5.75 Å². The Labute approximate surface area is 109 Å². The number of aromatic hydroxyl groups is 1. The van der Waals surface area contributed by atoms with E-state index in [1.54, 1.807) is 12.1 Å². The zero-order valence-electron chi connectivity index (χ0n) is 10.9. The topological polar surface area (TPSA) is 44.7 Å². The minimum Gasteiger partial charge on any atom is -0.508 e. The molecule has 0 aliphatic carbocycles. The standard InChI is InChI=1S/C14H22N2O2/c1-12(11-16-5-7-18-8-6-16)15-10-13-3-2-4-14(17)9-13/h2-4,9,12,15,17H,5-8,10-11H2,1H3. The highest BCUT2D eigenvalue weighted by Gasteiger charge is 2.13. The second-order valence-corrected chi connectivity index (χ2v) is 4.86. The van der Waals surface area contributed by atoms with Crippen molar-refractivity contribution < 1.29 is 9.84 Å². The third-order valence-corrected chi connectivity index (χ3v) is 3.20. The third kappa shape index (κ3) is 4.29. The molecule has 1 unspecified atom stereocenters. The Hall–Kier alpha value is -1.10. The van der Waals surface area contributed by atoms with Crippen LogP contribution < -0.4 is 5.32 Å². The summed E-state index contributed by atoms with van der Waals surface area (Å²) in [5, 5.41) is 12.9. The quantitative estimate of drug-likeness (QED) is 0.824. The second kappa shape index (κ2) is 6.73. The maximum Gasteiger partial charge on any atom is 0.115 e. The molecule has 0 radical (unpaired) electrons. The molecule has 0 saturated carbocycles. The van der Waals surface area contributed by atoms with Crippen LogP contribution in [0.2, 0.25) is 0 Å². The van der Waals surface area contributed by atoms with E-state index < -0.39 is 0 Å². The summed E-state index contributed by atoms with van der Waals surface area (Å²) < 4.78 is 5.33. The van der Waals surface area contributed by atoms with Crippen LogP contribution >= 0.6 is 0 Å². The van der Waals surface area contributed by atoms with Crippen LogP contribution in [0.25, 0.3) is 0 Å². The highest BCUT2D eigenvalue weighted by Crippen LogP contribution is 2.10. The fraction of sp³-hybridized carbons (Fsp3) is 0.571. The second-order valence-electron chi connectivity index (χ2n) is 4.86. The third-order valence-electron chi connectivity index (χ3n) is 3.20. The molecule has 4 heteroatoms. The van der Waals surface area contributed by atoms with Gasteiger partial charge in [-0.25, -0.2) is 0 Å². The van der Waals surface area contributed by atoms with Crippen molar-refractivity contribution in [1.29, 1.82) is 0 Å². The zero-order chi connectivity index (χ0) is 12.8. The lowest BCUT2D eigenvalue weighted by Crippen LogP contribution is -2.44. The van der Waals surface area contributed by atoms with Gasteiger partial charge in [-0.15, -0.1) is 0 Å². The summed E-state index contributed by atoms with van der Waals surface area (Å²) in [5.74, 6) is 0.329. The lowest BCUT2D eigenvalue weighted by atomic mass is 10.2. The molecule has 0 amide bonds. The molecule has 1 aliphatic heterocycles. The number of hydrogen-bond acceptors (Lipinski definition) is 4. The minimum absolute atomic E-state index is 0.329. The van der Waals surface area contributed by atoms with E-state index in [-0.39, 0.29) is 0 Å². The highest BCUT2D eigenvalue weighted by atomic mass is 16.5. The first kappa shape index (κ1) is 13.3. The first-order valence-electron chi connectivity index (χ1n) is 6.55. The number of morpholine rings is 1. The van der Waals surface area contributed by atoms with Gasteiger partial charge in [-0.1, -0.05) is 12.1 Å². The molecular weight excluding hydrogens is 228 g/mol. The Morgan fingerprint density at radius 1 is 1.39 bits per heavy atom. The Morgan fingerprint density at radius 2 is 2.17 bits per heavy atom. The lowest BCUT2D eigenvalue weighted by molar-refractivity contribution is 0.0343. The lowest BCUT2D eigenvalue weighted by Gasteiger charge is -2.29. The van der Waals surface area contributed by atoms with Gasteiger partial charge in [0.15, 0.2) is 0 Å². The molecule has 100 valence electrons. The number of benzene rings is 1. The summed E-state index contributed by atoms with van der Waals surface area (Å²) in [6.45, 7) is 7.77. The van der Waals surface area contributed by atoms with Crippen molar-refractivity contribution in [2.24, 2.45) is 0 Å². The van der Waals surface area contributed by atoms with Crippen molar-refractivity contribution in [3.05, 3.63) is 29.8 Å². The average molecular weight is 250 g/mol. The van der Waals surface area contributed by atoms with Crippen molar-refractivity contribution in [3.63, 3.8) is 0 Å². The zero-order valence-corrected chi connectivity index (χ0v) is 10.9. The van der Waals surface area contributed by atoms with Crippen LogP contribution in [0.4, 0.5) is 0 Å². The molecule has 2 rings (SSSR count). The molecule has 2 N–H and O–H groups in total. The summed E-state index contributed by atoms with van der Waals surface area (Å²) in [7, 11) is 0. The van der Waals surface area contributed by atoms with Crippen molar-refractivity contribution in [1.82, 2.24) is 10.2 Å². The summed E-state index contributed by atoms with van der Waals surface area (Å²) >= 11 is 0. The fourth-order valence-corrected chi connectivity index (χ4v) is 2.19. The predicted molar refractivity (Wildman–Crippen MR) is 71.7 cm³/mol. The molecule has 1 fully saturated rings. The number of nitrogens with one attached hydrogen (secondary N) is 1. The maximum atomic E-state index is 9.39. The summed E-state index contributed by atoms with van der Waals surface area (Å²) in [5.41, 5.74) is 1.11. The smallest absolute Gasteiger partial charge is 0.115 e. The minimum atomic E-state index is 0.329. The van der Waals surface area contributed by atoms with Crippen molar-refractivity contribution in [3.8, 4) is 5.75 Å². The van der Waals surface area contributed by atoms with E-state index in [9.17, 15) is 5.11 Å². The SMILES string of the molecule is CC(CN1CCOCC1)NCc1cccc(O)c1. The van der Waals surface area contributed by atoms with E-state index in [2.05, 4.69) is 17.1 Å². The van der Waals surface area contributed by atoms with Crippen molar-refractivity contribution in [2.45, 2.75) is 19.5 Å². The summed E-state index contributed by atoms with van der Waals surface area (Å²) in [6.07, 6.45) is 0. The Kier molecular flexibility index (Phi) is 4.99. The number of phenols is 1. The van der Waals surface area contributed by atoms with Gasteiger partial charge in [0, 0.05) is 32.2 Å². The number of ether oxygens (including phenoxy) is 1. The van der Waals surface area contributed by atoms with Crippen LogP contribution in [-0.4, -0.2) is 48.9 Å². The first-order valence-corrected chi connectivity index (χ1v) is 6.55. The molecule has 1 atom stereocenters. The molecule has 0 bridgehead atoms. The number of hydrogen-bond donors (Lipinski definition) is 2. The van der Waals surface area contributed by atoms with E-state index in [0.717, 1.165) is 45.0 Å². The van der Waals surface area contributed by atoms with Gasteiger partial charge in [0.2, 0.25) is 0 Å². The summed E-state index contributed by atoms with van der Waals surface area (Å²) in [4.78, 5) is 2.42. The van der Waals surface area contributed by atoms with Crippen molar-refractivity contribution in [2.75, 3.05) is 32.8 Å². The molecular formula is C14H22N2O2. The van der Waals surface area contributed by atoms with Crippen LogP contribution in [0.3, 0.4) is 0 Å². The van der Waals surface area contributed by atoms with Gasteiger partial charge in [0.05, 0.1) is 13.2 Å². The monoisotopic (exact) mass is 250 g/mol. The van der Waals surface area contributed by atoms with E-state index in [0.29, 0.717) is 11.8 Å². The largest absolute Gasteiger partial charge is 0.508 e. The molecule has 4 nitrogen and oxygen atoms in total. The highest BCUT2D eigenvalue weighted by molar-refractivity contribution is 5.26. The van der Waals surface area contributed by atoms with E-state index in [1.165, 1.54) is 0 Å². The molecule has 1 heterocycles. The van der Waals surface area contributed by atoms with Crippen LogP contribution in [0.15, 0.2) is 24.3 Å². The van der Waals surface area contributed by atoms with E-state index in [1.807, 2.05) is 12.1 Å². The Morgan fingerprint density at radius 3 is 2.89 bits per heavy atom. The van der Waals surface area contributed by atoms with Crippen LogP contribution in [-0.2, 0) is 11.3 Å². The molecule has 1 aromatic rings. The van der Waals surface area contributed by atoms with Crippen molar-refractivity contribution >= 4 is 0 Å². The Balaban J connectivity index is 1.72. The molecule has 1 aliphatic rings. The number of nitrogens with zero attached hydrogens (tertiary/aromatic N) is 1. The maximum absolute atomic E-state index is 9.39. The van der Waals surface area contributed by atoms with Crippen LogP contribution in [0, 0.1) is 0 Å². The molecule has 0 aromatic heterocycles. The molecule has 0 spiro atoms. The van der Waals surface area contributed by atoms with Gasteiger partial charge < -0.3 is 15.2 Å². The van der Waals surface area contributed by atoms with Gasteiger partial charge >= 0.3 is 0 Å². The van der Waals surface area contributed by atoms with Crippen LogP contribution in [0.5, 0.6) is 5.75 Å². The average Bonchev–Trinajstić information content (AvgIpc) is 2.38. The van der Waals surface area contributed by atoms with E-state index >= 15 is 0 Å². The fourth-order valence-electron chi connectivity index (χ4n) is 2.19. The van der Waals surface area contributed by atoms with Gasteiger partial charge in [-0.3, -0.25) is 4.90 Å². The van der Waals surface area contributed by atoms with Gasteiger partial charge in [-0.2, -0.15) is 0 Å². The molecule has 1 aromatic carbocycles. The molecule has 18 heavy (non-hydrogen) atoms. The van der Waals surface area contributed by atoms with Gasteiger partial charge in [-0.05, 0) is 24.6 Å². The number of rotatable bonds is 5. The van der Waals surface area contributed by atoms with Crippen LogP contribution in [0.1, 0.15) is 12.5 Å². The van der Waals surface area contributed by atoms with E-state index in [4.69, 9.17) is 4.74 Å². The first-order chi connectivity index (χ1) is 8.74. The summed E-state index contributed by atoms with van der Waals surface area (Å²) in [6, 6.07) is 7.83. The predicted octanol–water partition coefficient (Wildman–Crippen LogP) is 1.20. The normalized spacial score (nSPS) is 18.7. The molecule has 1 saturated heterocycles. The Bertz CT molecular complexity index is 365. The van der Waals surface area contributed by atoms with Gasteiger partial charge in [0.25, 0.3) is 0 Å². The number of phenolic OH excluding ortho intramolecular Hbond substituents is 1.